The highest BCUT2D eigenvalue weighted by Gasteiger charge is 2.31. The topological polar surface area (TPSA) is 80.6 Å². The second kappa shape index (κ2) is 7.85. The largest absolute Gasteiger partial charge is 0.443 e. The van der Waals surface area contributed by atoms with Crippen LogP contribution in [0.5, 0.6) is 0 Å². The molecule has 1 N–H and O–H groups in total. The average molecular weight is 446 g/mol. The molecule has 2 aliphatic rings. The predicted molar refractivity (Wildman–Crippen MR) is 126 cm³/mol. The first-order valence-corrected chi connectivity index (χ1v) is 11.2. The minimum Gasteiger partial charge on any atom is -0.443 e. The van der Waals surface area contributed by atoms with Crippen molar-refractivity contribution in [3.8, 4) is 0 Å². The summed E-state index contributed by atoms with van der Waals surface area (Å²) in [4.78, 5) is 38.7. The molecule has 1 aromatic heterocycles. The number of Topliss-reactive ketones (excluding diaryl/α,β-unsaturated/α-hetero) is 1. The van der Waals surface area contributed by atoms with Gasteiger partial charge in [-0.3, -0.25) is 19.1 Å². The SMILES string of the molecule is CC(C)(C)OC(=O)n1cc(CN2CCC(c3ccc4c(c3)NC(=O)C4=O)C2)c2ccccc21. The lowest BCUT2D eigenvalue weighted by molar-refractivity contribution is -0.112. The second-order valence-corrected chi connectivity index (χ2v) is 9.83. The zero-order valence-electron chi connectivity index (χ0n) is 19.1. The van der Waals surface area contributed by atoms with E-state index in [1.807, 2.05) is 63.4 Å². The number of ketones is 1. The Labute approximate surface area is 192 Å². The van der Waals surface area contributed by atoms with E-state index in [-0.39, 0.29) is 6.09 Å². The zero-order chi connectivity index (χ0) is 23.3. The molecule has 1 saturated heterocycles. The number of likely N-dealkylation sites (tertiary alicyclic amines) is 1. The number of carbonyl (C=O) groups is 3. The Balaban J connectivity index is 1.34. The van der Waals surface area contributed by atoms with E-state index in [2.05, 4.69) is 10.2 Å². The third-order valence-corrected chi connectivity index (χ3v) is 6.27. The number of nitrogens with zero attached hydrogens (tertiary/aromatic N) is 2. The molecule has 2 aliphatic heterocycles. The van der Waals surface area contributed by atoms with Gasteiger partial charge in [-0.15, -0.1) is 0 Å². The molecule has 3 heterocycles. The van der Waals surface area contributed by atoms with E-state index in [0.717, 1.165) is 48.1 Å². The number of rotatable bonds is 3. The summed E-state index contributed by atoms with van der Waals surface area (Å²) in [7, 11) is 0. The van der Waals surface area contributed by atoms with Gasteiger partial charge in [0.05, 0.1) is 16.8 Å². The van der Waals surface area contributed by atoms with E-state index in [1.165, 1.54) is 0 Å². The second-order valence-electron chi connectivity index (χ2n) is 9.83. The van der Waals surface area contributed by atoms with Crippen molar-refractivity contribution in [3.05, 3.63) is 65.4 Å². The van der Waals surface area contributed by atoms with Crippen LogP contribution in [0.4, 0.5) is 10.5 Å². The van der Waals surface area contributed by atoms with Gasteiger partial charge in [-0.1, -0.05) is 24.3 Å². The van der Waals surface area contributed by atoms with Crippen molar-refractivity contribution in [1.82, 2.24) is 9.47 Å². The molecule has 0 radical (unpaired) electrons. The van der Waals surface area contributed by atoms with Gasteiger partial charge in [-0.05, 0) is 69.0 Å². The van der Waals surface area contributed by atoms with E-state index in [4.69, 9.17) is 4.74 Å². The van der Waals surface area contributed by atoms with Crippen LogP contribution in [0.2, 0.25) is 0 Å². The summed E-state index contributed by atoms with van der Waals surface area (Å²) < 4.78 is 7.20. The van der Waals surface area contributed by atoms with Crippen LogP contribution in [-0.4, -0.2) is 45.9 Å². The summed E-state index contributed by atoms with van der Waals surface area (Å²) in [6, 6.07) is 13.5. The van der Waals surface area contributed by atoms with Crippen LogP contribution < -0.4 is 5.32 Å². The summed E-state index contributed by atoms with van der Waals surface area (Å²) in [5, 5.41) is 3.71. The number of nitrogens with one attached hydrogen (secondary N) is 1. The molecule has 170 valence electrons. The zero-order valence-corrected chi connectivity index (χ0v) is 19.1. The van der Waals surface area contributed by atoms with E-state index < -0.39 is 17.3 Å². The molecule has 7 nitrogen and oxygen atoms in total. The summed E-state index contributed by atoms with van der Waals surface area (Å²) >= 11 is 0. The minimum atomic E-state index is -0.565. The molecular formula is C26H27N3O4. The van der Waals surface area contributed by atoms with Crippen molar-refractivity contribution in [1.29, 1.82) is 0 Å². The van der Waals surface area contributed by atoms with Gasteiger partial charge in [0, 0.05) is 24.7 Å². The number of hydrogen-bond donors (Lipinski definition) is 1. The van der Waals surface area contributed by atoms with Crippen LogP contribution in [0, 0.1) is 0 Å². The molecule has 0 spiro atoms. The quantitative estimate of drug-likeness (QED) is 0.599. The van der Waals surface area contributed by atoms with Crippen molar-refractivity contribution in [2.45, 2.75) is 45.3 Å². The highest BCUT2D eigenvalue weighted by molar-refractivity contribution is 6.51. The Hall–Kier alpha value is -3.45. The van der Waals surface area contributed by atoms with E-state index in [9.17, 15) is 14.4 Å². The van der Waals surface area contributed by atoms with Crippen LogP contribution in [-0.2, 0) is 16.1 Å². The fourth-order valence-corrected chi connectivity index (χ4v) is 4.75. The fraction of sp³-hybridized carbons (Fsp3) is 0.346. The van der Waals surface area contributed by atoms with Gasteiger partial charge < -0.3 is 10.1 Å². The number of carbonyl (C=O) groups excluding carboxylic acids is 3. The molecule has 3 aromatic rings. The Kier molecular flexibility index (Phi) is 5.09. The third-order valence-electron chi connectivity index (χ3n) is 6.27. The molecular weight excluding hydrogens is 418 g/mol. The van der Waals surface area contributed by atoms with E-state index >= 15 is 0 Å². The Morgan fingerprint density at radius 1 is 1.15 bits per heavy atom. The van der Waals surface area contributed by atoms with E-state index in [0.29, 0.717) is 17.2 Å². The van der Waals surface area contributed by atoms with Crippen LogP contribution in [0.25, 0.3) is 10.9 Å². The summed E-state index contributed by atoms with van der Waals surface area (Å²) in [5.41, 5.74) is 3.56. The smallest absolute Gasteiger partial charge is 0.419 e. The number of benzene rings is 2. The minimum absolute atomic E-state index is 0.321. The van der Waals surface area contributed by atoms with Crippen LogP contribution in [0.3, 0.4) is 0 Å². The lowest BCUT2D eigenvalue weighted by Crippen LogP contribution is -2.26. The van der Waals surface area contributed by atoms with Crippen molar-refractivity contribution in [2.75, 3.05) is 18.4 Å². The molecule has 0 bridgehead atoms. The number of anilines is 1. The summed E-state index contributed by atoms with van der Waals surface area (Å²) in [5.74, 6) is -0.704. The maximum atomic E-state index is 12.8. The third kappa shape index (κ3) is 4.04. The standard InChI is InChI=1S/C26H27N3O4/c1-26(2,3)33-25(32)29-15-18(19-6-4-5-7-22(19)29)14-28-11-10-17(13-28)16-8-9-20-21(12-16)27-24(31)23(20)30/h4-9,12,15,17H,10-11,13-14H2,1-3H3,(H,27,30,31). The lowest BCUT2D eigenvalue weighted by Gasteiger charge is -2.19. The first-order chi connectivity index (χ1) is 15.7. The molecule has 1 unspecified atom stereocenters. The normalized spacial score (nSPS) is 18.6. The monoisotopic (exact) mass is 445 g/mol. The number of ether oxygens (including phenoxy) is 1. The molecule has 33 heavy (non-hydrogen) atoms. The van der Waals surface area contributed by atoms with Crippen molar-refractivity contribution in [2.24, 2.45) is 0 Å². The number of amides is 1. The van der Waals surface area contributed by atoms with Crippen LogP contribution >= 0.6 is 0 Å². The van der Waals surface area contributed by atoms with Gasteiger partial charge in [0.25, 0.3) is 11.7 Å². The van der Waals surface area contributed by atoms with Crippen molar-refractivity contribution >= 4 is 34.4 Å². The molecule has 5 rings (SSSR count). The number of fused-ring (bicyclic) bond motifs is 2. The van der Waals surface area contributed by atoms with Crippen molar-refractivity contribution < 1.29 is 19.1 Å². The first-order valence-electron chi connectivity index (χ1n) is 11.2. The van der Waals surface area contributed by atoms with Gasteiger partial charge >= 0.3 is 6.09 Å². The number of hydrogen-bond acceptors (Lipinski definition) is 5. The Morgan fingerprint density at radius 2 is 1.94 bits per heavy atom. The van der Waals surface area contributed by atoms with Gasteiger partial charge in [0.15, 0.2) is 0 Å². The van der Waals surface area contributed by atoms with Crippen LogP contribution in [0.15, 0.2) is 48.7 Å². The van der Waals surface area contributed by atoms with Gasteiger partial charge in [0.2, 0.25) is 0 Å². The fourth-order valence-electron chi connectivity index (χ4n) is 4.75. The van der Waals surface area contributed by atoms with E-state index in [1.54, 1.807) is 10.6 Å². The maximum Gasteiger partial charge on any atom is 0.419 e. The molecule has 0 aliphatic carbocycles. The average Bonchev–Trinajstić information content (AvgIpc) is 3.44. The molecule has 2 aromatic carbocycles. The van der Waals surface area contributed by atoms with Gasteiger partial charge in [0.1, 0.15) is 5.60 Å². The lowest BCUT2D eigenvalue weighted by atomic mass is 9.96. The van der Waals surface area contributed by atoms with Crippen molar-refractivity contribution in [3.63, 3.8) is 0 Å². The Bertz CT molecular complexity index is 1280. The van der Waals surface area contributed by atoms with Gasteiger partial charge in [-0.25, -0.2) is 4.79 Å². The molecule has 0 saturated carbocycles. The van der Waals surface area contributed by atoms with Crippen LogP contribution in [0.1, 0.15) is 54.6 Å². The highest BCUT2D eigenvalue weighted by Crippen LogP contribution is 2.34. The highest BCUT2D eigenvalue weighted by atomic mass is 16.6. The first kappa shape index (κ1) is 21.4. The molecule has 7 heteroatoms. The maximum absolute atomic E-state index is 12.8. The Morgan fingerprint density at radius 3 is 2.73 bits per heavy atom. The molecule has 1 amide bonds. The molecule has 1 fully saturated rings. The number of para-hydroxylation sites is 1. The summed E-state index contributed by atoms with van der Waals surface area (Å²) in [6.45, 7) is 8.12. The molecule has 1 atom stereocenters. The number of aromatic nitrogens is 1. The predicted octanol–water partition coefficient (Wildman–Crippen LogP) is 4.55. The van der Waals surface area contributed by atoms with Gasteiger partial charge in [-0.2, -0.15) is 0 Å². The summed E-state index contributed by atoms with van der Waals surface area (Å²) in [6.07, 6.45) is 2.51.